The van der Waals surface area contributed by atoms with Crippen LogP contribution >= 0.6 is 0 Å². The molecule has 1 N–H and O–H groups in total. The second kappa shape index (κ2) is 6.78. The molecule has 1 rings (SSSR count). The SMILES string of the molecule is CCOC(=O)CC[C@H]1C[C@H](NC(=O)OC(C)(C)C)C1. The van der Waals surface area contributed by atoms with E-state index in [0.29, 0.717) is 18.9 Å². The van der Waals surface area contributed by atoms with Crippen LogP contribution in [-0.2, 0) is 14.3 Å². The minimum absolute atomic E-state index is 0.133. The lowest BCUT2D eigenvalue weighted by molar-refractivity contribution is -0.143. The highest BCUT2D eigenvalue weighted by Gasteiger charge is 2.31. The molecule has 0 aromatic rings. The Morgan fingerprint density at radius 3 is 2.42 bits per heavy atom. The lowest BCUT2D eigenvalue weighted by atomic mass is 9.77. The highest BCUT2D eigenvalue weighted by Crippen LogP contribution is 2.31. The van der Waals surface area contributed by atoms with E-state index < -0.39 is 5.60 Å². The Balaban J connectivity index is 2.10. The Bertz CT molecular complexity index is 316. The molecule has 1 aliphatic carbocycles. The van der Waals surface area contributed by atoms with Gasteiger partial charge in [0.2, 0.25) is 0 Å². The normalized spacial score (nSPS) is 22.3. The van der Waals surface area contributed by atoms with Crippen LogP contribution in [0.1, 0.15) is 53.4 Å². The van der Waals surface area contributed by atoms with Crippen molar-refractivity contribution in [2.75, 3.05) is 6.61 Å². The predicted molar refractivity (Wildman–Crippen MR) is 71.7 cm³/mol. The van der Waals surface area contributed by atoms with E-state index in [2.05, 4.69) is 5.32 Å². The number of carbonyl (C=O) groups is 2. The van der Waals surface area contributed by atoms with Gasteiger partial charge < -0.3 is 14.8 Å². The molecule has 0 aromatic heterocycles. The number of nitrogens with one attached hydrogen (secondary N) is 1. The molecular formula is C14H25NO4. The van der Waals surface area contributed by atoms with Gasteiger partial charge >= 0.3 is 12.1 Å². The average molecular weight is 271 g/mol. The fourth-order valence-electron chi connectivity index (χ4n) is 2.12. The van der Waals surface area contributed by atoms with E-state index in [1.165, 1.54) is 0 Å². The summed E-state index contributed by atoms with van der Waals surface area (Å²) in [4.78, 5) is 22.7. The average Bonchev–Trinajstić information content (AvgIpc) is 2.18. The summed E-state index contributed by atoms with van der Waals surface area (Å²) >= 11 is 0. The largest absolute Gasteiger partial charge is 0.466 e. The standard InChI is InChI=1S/C14H25NO4/c1-5-18-12(16)7-6-10-8-11(9-10)15-13(17)19-14(2,3)4/h10-11H,5-9H2,1-4H3,(H,15,17)/t10-,11-. The minimum atomic E-state index is -0.461. The van der Waals surface area contributed by atoms with Crippen LogP contribution in [0.4, 0.5) is 4.79 Å². The third kappa shape index (κ3) is 6.45. The molecule has 0 saturated heterocycles. The quantitative estimate of drug-likeness (QED) is 0.781. The zero-order valence-electron chi connectivity index (χ0n) is 12.3. The summed E-state index contributed by atoms with van der Waals surface area (Å²) in [6.45, 7) is 7.77. The number of ether oxygens (including phenoxy) is 2. The van der Waals surface area contributed by atoms with Gasteiger partial charge in [0.1, 0.15) is 5.60 Å². The van der Waals surface area contributed by atoms with Crippen LogP contribution in [0.2, 0.25) is 0 Å². The number of rotatable bonds is 5. The monoisotopic (exact) mass is 271 g/mol. The van der Waals surface area contributed by atoms with Crippen molar-refractivity contribution >= 4 is 12.1 Å². The lowest BCUT2D eigenvalue weighted by Gasteiger charge is -2.36. The van der Waals surface area contributed by atoms with Crippen molar-refractivity contribution < 1.29 is 19.1 Å². The second-order valence-corrected chi connectivity index (χ2v) is 6.02. The van der Waals surface area contributed by atoms with Crippen molar-refractivity contribution in [2.24, 2.45) is 5.92 Å². The van der Waals surface area contributed by atoms with Gasteiger partial charge in [0.05, 0.1) is 6.61 Å². The van der Waals surface area contributed by atoms with Crippen molar-refractivity contribution in [2.45, 2.75) is 65.0 Å². The fourth-order valence-corrected chi connectivity index (χ4v) is 2.12. The molecule has 1 fully saturated rings. The summed E-state index contributed by atoms with van der Waals surface area (Å²) in [5.41, 5.74) is -0.461. The summed E-state index contributed by atoms with van der Waals surface area (Å²) in [7, 11) is 0. The molecule has 0 heterocycles. The highest BCUT2D eigenvalue weighted by molar-refractivity contribution is 5.69. The topological polar surface area (TPSA) is 64.6 Å². The number of amides is 1. The van der Waals surface area contributed by atoms with E-state index in [1.807, 2.05) is 27.7 Å². The Morgan fingerprint density at radius 2 is 1.89 bits per heavy atom. The van der Waals surface area contributed by atoms with Crippen molar-refractivity contribution in [3.63, 3.8) is 0 Å². The summed E-state index contributed by atoms with van der Waals surface area (Å²) in [6.07, 6.45) is 2.78. The molecule has 0 atom stereocenters. The molecule has 0 spiro atoms. The van der Waals surface area contributed by atoms with Crippen LogP contribution in [0, 0.1) is 5.92 Å². The van der Waals surface area contributed by atoms with Crippen molar-refractivity contribution in [3.8, 4) is 0 Å². The Morgan fingerprint density at radius 1 is 1.26 bits per heavy atom. The second-order valence-electron chi connectivity index (χ2n) is 6.02. The number of carbonyl (C=O) groups excluding carboxylic acids is 2. The van der Waals surface area contributed by atoms with Crippen LogP contribution in [0.5, 0.6) is 0 Å². The van der Waals surface area contributed by atoms with Crippen molar-refractivity contribution in [1.29, 1.82) is 0 Å². The molecule has 110 valence electrons. The van der Waals surface area contributed by atoms with Crippen LogP contribution in [0.3, 0.4) is 0 Å². The van der Waals surface area contributed by atoms with Gasteiger partial charge in [-0.25, -0.2) is 4.79 Å². The van der Waals surface area contributed by atoms with Gasteiger partial charge in [-0.3, -0.25) is 4.79 Å². The molecule has 1 aliphatic rings. The summed E-state index contributed by atoms with van der Waals surface area (Å²) in [5, 5.41) is 2.84. The summed E-state index contributed by atoms with van der Waals surface area (Å²) < 4.78 is 10.1. The van der Waals surface area contributed by atoms with E-state index in [-0.39, 0.29) is 18.1 Å². The molecular weight excluding hydrogens is 246 g/mol. The lowest BCUT2D eigenvalue weighted by Crippen LogP contribution is -2.46. The molecule has 1 amide bonds. The van der Waals surface area contributed by atoms with E-state index in [0.717, 1.165) is 19.3 Å². The van der Waals surface area contributed by atoms with Crippen molar-refractivity contribution in [3.05, 3.63) is 0 Å². The zero-order valence-corrected chi connectivity index (χ0v) is 12.3. The number of esters is 1. The van der Waals surface area contributed by atoms with Crippen LogP contribution in [0.15, 0.2) is 0 Å². The number of alkyl carbamates (subject to hydrolysis) is 1. The third-order valence-corrected chi connectivity index (χ3v) is 3.02. The first-order valence-electron chi connectivity index (χ1n) is 6.95. The van der Waals surface area contributed by atoms with Gasteiger partial charge in [-0.1, -0.05) is 0 Å². The van der Waals surface area contributed by atoms with Crippen molar-refractivity contribution in [1.82, 2.24) is 5.32 Å². The molecule has 1 saturated carbocycles. The molecule has 19 heavy (non-hydrogen) atoms. The molecule has 5 nitrogen and oxygen atoms in total. The number of hydrogen-bond acceptors (Lipinski definition) is 4. The van der Waals surface area contributed by atoms with E-state index in [1.54, 1.807) is 0 Å². The van der Waals surface area contributed by atoms with E-state index in [9.17, 15) is 9.59 Å². The van der Waals surface area contributed by atoms with Crippen LogP contribution in [0.25, 0.3) is 0 Å². The highest BCUT2D eigenvalue weighted by atomic mass is 16.6. The van der Waals surface area contributed by atoms with Gasteiger partial charge in [-0.2, -0.15) is 0 Å². The molecule has 0 unspecified atom stereocenters. The fraction of sp³-hybridized carbons (Fsp3) is 0.857. The van der Waals surface area contributed by atoms with Gasteiger partial charge in [-0.15, -0.1) is 0 Å². The smallest absolute Gasteiger partial charge is 0.407 e. The van der Waals surface area contributed by atoms with Gasteiger partial charge in [-0.05, 0) is 52.9 Å². The Hall–Kier alpha value is -1.26. The third-order valence-electron chi connectivity index (χ3n) is 3.02. The van der Waals surface area contributed by atoms with Gasteiger partial charge in [0.15, 0.2) is 0 Å². The minimum Gasteiger partial charge on any atom is -0.466 e. The Labute approximate surface area is 115 Å². The predicted octanol–water partition coefficient (Wildman–Crippen LogP) is 2.63. The van der Waals surface area contributed by atoms with E-state index >= 15 is 0 Å². The first kappa shape index (κ1) is 15.8. The van der Waals surface area contributed by atoms with Crippen LogP contribution < -0.4 is 5.32 Å². The maximum Gasteiger partial charge on any atom is 0.407 e. The molecule has 0 radical (unpaired) electrons. The summed E-state index contributed by atoms with van der Waals surface area (Å²) in [6, 6.07) is 0.182. The maximum atomic E-state index is 11.5. The van der Waals surface area contributed by atoms with E-state index in [4.69, 9.17) is 9.47 Å². The molecule has 0 bridgehead atoms. The van der Waals surface area contributed by atoms with Crippen LogP contribution in [-0.4, -0.2) is 30.3 Å². The Kier molecular flexibility index (Phi) is 5.63. The van der Waals surface area contributed by atoms with Gasteiger partial charge in [0.25, 0.3) is 0 Å². The van der Waals surface area contributed by atoms with Gasteiger partial charge in [0, 0.05) is 12.5 Å². The first-order valence-corrected chi connectivity index (χ1v) is 6.95. The molecule has 5 heteroatoms. The maximum absolute atomic E-state index is 11.5. The zero-order chi connectivity index (χ0) is 14.5. The number of hydrogen-bond donors (Lipinski definition) is 1. The summed E-state index contributed by atoms with van der Waals surface area (Å²) in [5.74, 6) is 0.371. The molecule has 0 aromatic carbocycles. The molecule has 0 aliphatic heterocycles. The first-order chi connectivity index (χ1) is 8.80.